The van der Waals surface area contributed by atoms with Crippen molar-refractivity contribution < 1.29 is 20.1 Å². The van der Waals surface area contributed by atoms with Gasteiger partial charge in [0, 0.05) is 13.2 Å². The predicted octanol–water partition coefficient (Wildman–Crippen LogP) is 0.102. The molecule has 2 atom stereocenters. The molecule has 0 aliphatic heterocycles. The first-order valence-electron chi connectivity index (χ1n) is 6.59. The third kappa shape index (κ3) is 5.07. The fraction of sp³-hybridized carbons (Fsp3) is 0.500. The number of aliphatic hydroxyl groups is 1. The highest BCUT2D eigenvalue weighted by Gasteiger charge is 2.15. The Balaban J connectivity index is 2.46. The smallest absolute Gasteiger partial charge is 0.237 e. The van der Waals surface area contributed by atoms with E-state index in [1.165, 1.54) is 12.1 Å². The van der Waals surface area contributed by atoms with Gasteiger partial charge >= 0.3 is 0 Å². The van der Waals surface area contributed by atoms with Crippen LogP contribution in [-0.4, -0.2) is 40.4 Å². The molecule has 0 aromatic heterocycles. The molecule has 0 saturated heterocycles. The first-order chi connectivity index (χ1) is 9.43. The van der Waals surface area contributed by atoms with Gasteiger partial charge < -0.3 is 26.4 Å². The minimum Gasteiger partial charge on any atom is -0.504 e. The van der Waals surface area contributed by atoms with Crippen molar-refractivity contribution in [2.45, 2.75) is 25.8 Å². The number of benzene rings is 1. The second-order valence-corrected chi connectivity index (χ2v) is 5.00. The number of phenols is 2. The summed E-state index contributed by atoms with van der Waals surface area (Å²) in [5, 5.41) is 30.1. The molecule has 0 bridgehead atoms. The summed E-state index contributed by atoms with van der Waals surface area (Å²) in [6.07, 6.45) is 0.898. The van der Waals surface area contributed by atoms with Crippen LogP contribution in [0.2, 0.25) is 0 Å². The molecule has 0 aliphatic carbocycles. The molecule has 6 N–H and O–H groups in total. The van der Waals surface area contributed by atoms with E-state index in [4.69, 9.17) is 10.8 Å². The summed E-state index contributed by atoms with van der Waals surface area (Å²) in [7, 11) is 0. The first kappa shape index (κ1) is 16.3. The zero-order valence-corrected chi connectivity index (χ0v) is 11.5. The third-order valence-corrected chi connectivity index (χ3v) is 3.08. The summed E-state index contributed by atoms with van der Waals surface area (Å²) in [6, 6.07) is 3.63. The molecule has 6 heteroatoms. The van der Waals surface area contributed by atoms with Crippen molar-refractivity contribution in [2.75, 3.05) is 13.2 Å². The standard InChI is InChI=1S/C14H22N2O4/c1-9(4-5-17)8-16-14(20)11(15)6-10-2-3-12(18)13(19)7-10/h2-3,7,9,11,17-19H,4-6,8,15H2,1H3,(H,16,20)/t9?,11-/m0/s1. The largest absolute Gasteiger partial charge is 0.504 e. The van der Waals surface area contributed by atoms with Gasteiger partial charge in [0.05, 0.1) is 6.04 Å². The van der Waals surface area contributed by atoms with E-state index < -0.39 is 6.04 Å². The highest BCUT2D eigenvalue weighted by molar-refractivity contribution is 5.81. The lowest BCUT2D eigenvalue weighted by Gasteiger charge is -2.15. The van der Waals surface area contributed by atoms with Gasteiger partial charge in [-0.05, 0) is 36.5 Å². The van der Waals surface area contributed by atoms with Crippen molar-refractivity contribution in [3.8, 4) is 11.5 Å². The molecule has 1 amide bonds. The fourth-order valence-electron chi connectivity index (χ4n) is 1.77. The number of rotatable bonds is 7. The van der Waals surface area contributed by atoms with Gasteiger partial charge in [0.25, 0.3) is 0 Å². The van der Waals surface area contributed by atoms with Crippen LogP contribution in [0.4, 0.5) is 0 Å². The number of carbonyl (C=O) groups is 1. The van der Waals surface area contributed by atoms with Crippen LogP contribution in [0, 0.1) is 5.92 Å². The van der Waals surface area contributed by atoms with E-state index in [0.29, 0.717) is 18.5 Å². The van der Waals surface area contributed by atoms with Crippen LogP contribution >= 0.6 is 0 Å². The van der Waals surface area contributed by atoms with Gasteiger partial charge in [-0.25, -0.2) is 0 Å². The second-order valence-electron chi connectivity index (χ2n) is 5.00. The quantitative estimate of drug-likeness (QED) is 0.455. The average molecular weight is 282 g/mol. The number of carbonyl (C=O) groups excluding carboxylic acids is 1. The van der Waals surface area contributed by atoms with E-state index in [1.807, 2.05) is 6.92 Å². The van der Waals surface area contributed by atoms with Crippen molar-refractivity contribution in [1.82, 2.24) is 5.32 Å². The zero-order valence-electron chi connectivity index (χ0n) is 11.5. The highest BCUT2D eigenvalue weighted by Crippen LogP contribution is 2.25. The second kappa shape index (κ2) is 7.72. The van der Waals surface area contributed by atoms with Gasteiger partial charge in [0.15, 0.2) is 11.5 Å². The number of aromatic hydroxyl groups is 2. The Kier molecular flexibility index (Phi) is 6.27. The Morgan fingerprint density at radius 3 is 2.65 bits per heavy atom. The van der Waals surface area contributed by atoms with Crippen molar-refractivity contribution in [3.63, 3.8) is 0 Å². The summed E-state index contributed by atoms with van der Waals surface area (Å²) < 4.78 is 0. The Morgan fingerprint density at radius 2 is 2.05 bits per heavy atom. The molecule has 0 fully saturated rings. The zero-order chi connectivity index (χ0) is 15.1. The SMILES string of the molecule is CC(CCO)CNC(=O)[C@@H](N)Cc1ccc(O)c(O)c1. The monoisotopic (exact) mass is 282 g/mol. The predicted molar refractivity (Wildman–Crippen MR) is 75.3 cm³/mol. The number of aliphatic hydroxyl groups excluding tert-OH is 1. The van der Waals surface area contributed by atoms with Crippen molar-refractivity contribution in [1.29, 1.82) is 0 Å². The molecule has 1 rings (SSSR count). The molecule has 0 heterocycles. The number of nitrogens with one attached hydrogen (secondary N) is 1. The number of amides is 1. The van der Waals surface area contributed by atoms with E-state index in [9.17, 15) is 15.0 Å². The van der Waals surface area contributed by atoms with Gasteiger partial charge in [0.1, 0.15) is 0 Å². The molecule has 112 valence electrons. The van der Waals surface area contributed by atoms with E-state index >= 15 is 0 Å². The fourth-order valence-corrected chi connectivity index (χ4v) is 1.77. The average Bonchev–Trinajstić information content (AvgIpc) is 2.40. The molecule has 0 saturated carbocycles. The molecule has 0 radical (unpaired) electrons. The van der Waals surface area contributed by atoms with Crippen LogP contribution in [0.5, 0.6) is 11.5 Å². The Bertz CT molecular complexity index is 451. The maximum Gasteiger partial charge on any atom is 0.237 e. The summed E-state index contributed by atoms with van der Waals surface area (Å²) in [6.45, 7) is 2.49. The summed E-state index contributed by atoms with van der Waals surface area (Å²) >= 11 is 0. The summed E-state index contributed by atoms with van der Waals surface area (Å²) in [4.78, 5) is 11.8. The number of hydrogen-bond acceptors (Lipinski definition) is 5. The molecule has 1 aromatic rings. The van der Waals surface area contributed by atoms with E-state index in [2.05, 4.69) is 5.32 Å². The number of hydrogen-bond donors (Lipinski definition) is 5. The van der Waals surface area contributed by atoms with Gasteiger partial charge in [-0.2, -0.15) is 0 Å². The van der Waals surface area contributed by atoms with E-state index in [0.717, 1.165) is 0 Å². The molecular weight excluding hydrogens is 260 g/mol. The third-order valence-electron chi connectivity index (χ3n) is 3.08. The molecule has 6 nitrogen and oxygen atoms in total. The van der Waals surface area contributed by atoms with Crippen LogP contribution in [0.3, 0.4) is 0 Å². The molecule has 1 unspecified atom stereocenters. The number of phenolic OH excluding ortho intramolecular Hbond substituents is 2. The van der Waals surface area contributed by atoms with Crippen molar-refractivity contribution >= 4 is 5.91 Å². The van der Waals surface area contributed by atoms with Crippen LogP contribution in [0.15, 0.2) is 18.2 Å². The highest BCUT2D eigenvalue weighted by atomic mass is 16.3. The maximum absolute atomic E-state index is 11.8. The molecule has 1 aromatic carbocycles. The normalized spacial score (nSPS) is 13.8. The molecule has 20 heavy (non-hydrogen) atoms. The van der Waals surface area contributed by atoms with Crippen molar-refractivity contribution in [2.24, 2.45) is 11.7 Å². The van der Waals surface area contributed by atoms with Crippen LogP contribution in [0.1, 0.15) is 18.9 Å². The summed E-state index contributed by atoms with van der Waals surface area (Å²) in [5.74, 6) is -0.521. The lowest BCUT2D eigenvalue weighted by molar-refractivity contribution is -0.122. The minimum absolute atomic E-state index is 0.0931. The lowest BCUT2D eigenvalue weighted by atomic mass is 10.0. The van der Waals surface area contributed by atoms with Gasteiger partial charge in [0.2, 0.25) is 5.91 Å². The van der Waals surface area contributed by atoms with E-state index in [1.54, 1.807) is 6.07 Å². The molecule has 0 aliphatic rings. The lowest BCUT2D eigenvalue weighted by Crippen LogP contribution is -2.43. The number of nitrogens with two attached hydrogens (primary N) is 1. The van der Waals surface area contributed by atoms with Crippen LogP contribution in [-0.2, 0) is 11.2 Å². The van der Waals surface area contributed by atoms with Gasteiger partial charge in [-0.3, -0.25) is 4.79 Å². The van der Waals surface area contributed by atoms with Gasteiger partial charge in [-0.15, -0.1) is 0 Å². The van der Waals surface area contributed by atoms with Crippen LogP contribution < -0.4 is 11.1 Å². The topological polar surface area (TPSA) is 116 Å². The first-order valence-corrected chi connectivity index (χ1v) is 6.59. The van der Waals surface area contributed by atoms with Crippen LogP contribution in [0.25, 0.3) is 0 Å². The Hall–Kier alpha value is -1.79. The molecular formula is C14H22N2O4. The minimum atomic E-state index is -0.722. The maximum atomic E-state index is 11.8. The van der Waals surface area contributed by atoms with Gasteiger partial charge in [-0.1, -0.05) is 13.0 Å². The molecule has 0 spiro atoms. The van der Waals surface area contributed by atoms with Crippen molar-refractivity contribution in [3.05, 3.63) is 23.8 Å². The van der Waals surface area contributed by atoms with E-state index in [-0.39, 0.29) is 36.4 Å². The Labute approximate surface area is 118 Å². The summed E-state index contributed by atoms with van der Waals surface area (Å²) in [5.41, 5.74) is 6.46. The Morgan fingerprint density at radius 1 is 1.35 bits per heavy atom.